The van der Waals surface area contributed by atoms with E-state index in [1.54, 1.807) is 50.0 Å². The van der Waals surface area contributed by atoms with Gasteiger partial charge >= 0.3 is 0 Å². The molecule has 0 aliphatic heterocycles. The standard InChI is InChI=1S/C25H22Cl2N2OS/c1-25(2,30)22-15-29(23-20(26)8-5-9-21(23)27)24(28-22)17-12-10-16(11-13-17)18-6-4-7-19(14-18)31-3/h4-15,30H,1-3H3. The van der Waals surface area contributed by atoms with Crippen molar-refractivity contribution in [2.45, 2.75) is 24.3 Å². The molecule has 0 fully saturated rings. The molecule has 0 radical (unpaired) electrons. The second-order valence-corrected chi connectivity index (χ2v) is 9.45. The molecule has 0 spiro atoms. The molecule has 0 amide bonds. The predicted molar refractivity (Wildman–Crippen MR) is 131 cm³/mol. The van der Waals surface area contributed by atoms with Crippen LogP contribution in [-0.2, 0) is 5.60 Å². The smallest absolute Gasteiger partial charge is 0.145 e. The average molecular weight is 469 g/mol. The molecule has 1 N–H and O–H groups in total. The van der Waals surface area contributed by atoms with Crippen molar-refractivity contribution in [2.24, 2.45) is 0 Å². The van der Waals surface area contributed by atoms with Gasteiger partial charge in [0.15, 0.2) is 0 Å². The highest BCUT2D eigenvalue weighted by Crippen LogP contribution is 2.35. The van der Waals surface area contributed by atoms with Crippen molar-refractivity contribution in [3.05, 3.63) is 88.7 Å². The van der Waals surface area contributed by atoms with Gasteiger partial charge in [-0.2, -0.15) is 0 Å². The molecule has 1 heterocycles. The lowest BCUT2D eigenvalue weighted by atomic mass is 10.0. The Morgan fingerprint density at radius 3 is 2.10 bits per heavy atom. The molecule has 0 aliphatic carbocycles. The molecular formula is C25H22Cl2N2OS. The lowest BCUT2D eigenvalue weighted by Crippen LogP contribution is -2.15. The maximum absolute atomic E-state index is 10.6. The third-order valence-electron chi connectivity index (χ3n) is 5.06. The number of benzene rings is 3. The highest BCUT2D eigenvalue weighted by atomic mass is 35.5. The minimum absolute atomic E-state index is 0.513. The van der Waals surface area contributed by atoms with Crippen LogP contribution in [0.15, 0.2) is 77.8 Å². The van der Waals surface area contributed by atoms with Gasteiger partial charge in [0.2, 0.25) is 0 Å². The van der Waals surface area contributed by atoms with Gasteiger partial charge < -0.3 is 5.11 Å². The topological polar surface area (TPSA) is 38.1 Å². The molecule has 1 aromatic heterocycles. The molecule has 6 heteroatoms. The Hall–Kier alpha value is -2.24. The van der Waals surface area contributed by atoms with Crippen LogP contribution in [-0.4, -0.2) is 20.9 Å². The zero-order chi connectivity index (χ0) is 22.2. The molecule has 4 rings (SSSR count). The van der Waals surface area contributed by atoms with E-state index in [4.69, 9.17) is 28.2 Å². The number of nitrogens with zero attached hydrogens (tertiary/aromatic N) is 2. The monoisotopic (exact) mass is 468 g/mol. The Bertz CT molecular complexity index is 1210. The van der Waals surface area contributed by atoms with Crippen molar-refractivity contribution in [3.63, 3.8) is 0 Å². The second kappa shape index (κ2) is 8.71. The zero-order valence-electron chi connectivity index (χ0n) is 17.4. The Morgan fingerprint density at radius 1 is 0.871 bits per heavy atom. The van der Waals surface area contributed by atoms with Crippen molar-refractivity contribution in [1.82, 2.24) is 9.55 Å². The number of halogens is 2. The summed E-state index contributed by atoms with van der Waals surface area (Å²) < 4.78 is 1.85. The first-order chi connectivity index (χ1) is 14.8. The lowest BCUT2D eigenvalue weighted by molar-refractivity contribution is 0.0743. The summed E-state index contributed by atoms with van der Waals surface area (Å²) in [6.45, 7) is 3.42. The molecule has 0 saturated heterocycles. The third-order valence-corrected chi connectivity index (χ3v) is 6.39. The summed E-state index contributed by atoms with van der Waals surface area (Å²) in [5.41, 5.74) is 3.25. The maximum Gasteiger partial charge on any atom is 0.145 e. The number of aromatic nitrogens is 2. The van der Waals surface area contributed by atoms with E-state index in [2.05, 4.69) is 42.7 Å². The van der Waals surface area contributed by atoms with E-state index in [-0.39, 0.29) is 0 Å². The van der Waals surface area contributed by atoms with Crippen LogP contribution in [0, 0.1) is 0 Å². The third kappa shape index (κ3) is 4.53. The molecule has 4 aromatic rings. The molecule has 0 unspecified atom stereocenters. The van der Waals surface area contributed by atoms with Crippen LogP contribution >= 0.6 is 35.0 Å². The zero-order valence-corrected chi connectivity index (χ0v) is 19.8. The SMILES string of the molecule is CSc1cccc(-c2ccc(-c3nc(C(C)(C)O)cn3-c3c(Cl)cccc3Cl)cc2)c1. The van der Waals surface area contributed by atoms with Crippen LogP contribution in [0.2, 0.25) is 10.0 Å². The summed E-state index contributed by atoms with van der Waals surface area (Å²) in [4.78, 5) is 5.95. The highest BCUT2D eigenvalue weighted by molar-refractivity contribution is 7.98. The van der Waals surface area contributed by atoms with Crippen molar-refractivity contribution in [2.75, 3.05) is 6.26 Å². The fourth-order valence-corrected chi connectivity index (χ4v) is 4.42. The number of para-hydroxylation sites is 1. The molecule has 0 saturated carbocycles. The number of hydrogen-bond acceptors (Lipinski definition) is 3. The molecule has 3 nitrogen and oxygen atoms in total. The summed E-state index contributed by atoms with van der Waals surface area (Å²) in [6, 6.07) is 22.0. The normalized spacial score (nSPS) is 11.7. The molecule has 0 atom stereocenters. The van der Waals surface area contributed by atoms with Crippen LogP contribution < -0.4 is 0 Å². The quantitative estimate of drug-likeness (QED) is 0.308. The Morgan fingerprint density at radius 2 is 1.48 bits per heavy atom. The first kappa shape index (κ1) is 22.0. The van der Waals surface area contributed by atoms with Crippen molar-refractivity contribution in [3.8, 4) is 28.2 Å². The fraction of sp³-hybridized carbons (Fsp3) is 0.160. The number of hydrogen-bond donors (Lipinski definition) is 1. The summed E-state index contributed by atoms with van der Waals surface area (Å²) >= 11 is 14.7. The first-order valence-corrected chi connectivity index (χ1v) is 11.8. The van der Waals surface area contributed by atoms with E-state index >= 15 is 0 Å². The minimum Gasteiger partial charge on any atom is -0.384 e. The Labute approximate surface area is 196 Å². The summed E-state index contributed by atoms with van der Waals surface area (Å²) in [5, 5.41) is 11.6. The summed E-state index contributed by atoms with van der Waals surface area (Å²) in [7, 11) is 0. The van der Waals surface area contributed by atoms with Crippen molar-refractivity contribution >= 4 is 35.0 Å². The van der Waals surface area contributed by atoms with E-state index in [1.807, 2.05) is 16.7 Å². The van der Waals surface area contributed by atoms with Gasteiger partial charge in [0, 0.05) is 16.7 Å². The molecule has 0 bridgehead atoms. The van der Waals surface area contributed by atoms with E-state index in [0.29, 0.717) is 27.3 Å². The average Bonchev–Trinajstić information content (AvgIpc) is 3.19. The van der Waals surface area contributed by atoms with Gasteiger partial charge in [0.05, 0.1) is 21.4 Å². The highest BCUT2D eigenvalue weighted by Gasteiger charge is 2.24. The van der Waals surface area contributed by atoms with Crippen molar-refractivity contribution in [1.29, 1.82) is 0 Å². The van der Waals surface area contributed by atoms with Crippen LogP contribution in [0.1, 0.15) is 19.5 Å². The number of imidazole rings is 1. The van der Waals surface area contributed by atoms with Gasteiger partial charge in [-0.3, -0.25) is 4.57 Å². The van der Waals surface area contributed by atoms with Crippen LogP contribution in [0.4, 0.5) is 0 Å². The van der Waals surface area contributed by atoms with E-state index in [0.717, 1.165) is 16.7 Å². The van der Waals surface area contributed by atoms with E-state index < -0.39 is 5.60 Å². The predicted octanol–water partition coefficient (Wildman–Crippen LogP) is 7.46. The minimum atomic E-state index is -1.11. The van der Waals surface area contributed by atoms with Gasteiger partial charge in [0.1, 0.15) is 11.4 Å². The molecule has 31 heavy (non-hydrogen) atoms. The largest absolute Gasteiger partial charge is 0.384 e. The first-order valence-electron chi connectivity index (χ1n) is 9.79. The Kier molecular flexibility index (Phi) is 6.18. The Balaban J connectivity index is 1.83. The number of rotatable bonds is 5. The van der Waals surface area contributed by atoms with Gasteiger partial charge in [0.25, 0.3) is 0 Å². The maximum atomic E-state index is 10.6. The van der Waals surface area contributed by atoms with Crippen LogP contribution in [0.5, 0.6) is 0 Å². The summed E-state index contributed by atoms with van der Waals surface area (Å²) in [5.74, 6) is 0.663. The summed E-state index contributed by atoms with van der Waals surface area (Å²) in [6.07, 6.45) is 3.86. The second-order valence-electron chi connectivity index (χ2n) is 7.76. The number of thioether (sulfide) groups is 1. The van der Waals surface area contributed by atoms with Gasteiger partial charge in [-0.25, -0.2) is 4.98 Å². The molecule has 3 aromatic carbocycles. The van der Waals surface area contributed by atoms with Gasteiger partial charge in [-0.05, 0) is 55.5 Å². The molecule has 158 valence electrons. The van der Waals surface area contributed by atoms with Gasteiger partial charge in [-0.1, -0.05) is 65.7 Å². The van der Waals surface area contributed by atoms with E-state index in [9.17, 15) is 5.11 Å². The van der Waals surface area contributed by atoms with Gasteiger partial charge in [-0.15, -0.1) is 11.8 Å². The molecular weight excluding hydrogens is 447 g/mol. The van der Waals surface area contributed by atoms with Crippen LogP contribution in [0.3, 0.4) is 0 Å². The number of aliphatic hydroxyl groups is 1. The van der Waals surface area contributed by atoms with E-state index in [1.165, 1.54) is 4.90 Å². The fourth-order valence-electron chi connectivity index (χ4n) is 3.38. The lowest BCUT2D eigenvalue weighted by Gasteiger charge is -2.13. The van der Waals surface area contributed by atoms with Crippen molar-refractivity contribution < 1.29 is 5.11 Å². The van der Waals surface area contributed by atoms with Crippen LogP contribution in [0.25, 0.3) is 28.2 Å². The molecule has 0 aliphatic rings.